The second kappa shape index (κ2) is 16.0. The topological polar surface area (TPSA) is 41.8 Å². The molecule has 3 heteroatoms. The monoisotopic (exact) mass is 254 g/mol. The van der Waals surface area contributed by atoms with Crippen LogP contribution in [0, 0.1) is 0 Å². The first-order chi connectivity index (χ1) is 8.62. The lowest BCUT2D eigenvalue weighted by molar-refractivity contribution is -0.107. The molecule has 0 spiro atoms. The van der Waals surface area contributed by atoms with Crippen molar-refractivity contribution in [3.05, 3.63) is 0 Å². The fourth-order valence-electron chi connectivity index (χ4n) is 1.14. The average molecular weight is 254 g/mol. The Balaban J connectivity index is 0. The first-order valence-corrected chi connectivity index (χ1v) is 7.12. The van der Waals surface area contributed by atoms with Gasteiger partial charge in [0, 0.05) is 17.8 Å². The van der Waals surface area contributed by atoms with Crippen molar-refractivity contribution >= 4 is 17.7 Å². The summed E-state index contributed by atoms with van der Waals surface area (Å²) in [6.07, 6.45) is 8.58. The third kappa shape index (κ3) is 17.4. The molecule has 0 atom stereocenters. The van der Waals surface area contributed by atoms with Crippen LogP contribution < -0.4 is 0 Å². The van der Waals surface area contributed by atoms with E-state index >= 15 is 0 Å². The van der Waals surface area contributed by atoms with E-state index in [2.05, 4.69) is 37.9 Å². The number of carbonyl (C=O) groups excluding carboxylic acids is 1. The van der Waals surface area contributed by atoms with E-state index in [1.54, 1.807) is 0 Å². The highest BCUT2D eigenvalue weighted by molar-refractivity contribution is 5.85. The van der Waals surface area contributed by atoms with Crippen molar-refractivity contribution in [1.29, 1.82) is 0 Å². The summed E-state index contributed by atoms with van der Waals surface area (Å²) in [5.74, 6) is 0. The van der Waals surface area contributed by atoms with Gasteiger partial charge in [-0.15, -0.1) is 0 Å². The van der Waals surface area contributed by atoms with Gasteiger partial charge in [-0.05, 0) is 39.5 Å². The van der Waals surface area contributed by atoms with E-state index in [4.69, 9.17) is 0 Å². The van der Waals surface area contributed by atoms with E-state index in [-0.39, 0.29) is 0 Å². The summed E-state index contributed by atoms with van der Waals surface area (Å²) in [5, 5.41) is 8.44. The fourth-order valence-corrected chi connectivity index (χ4v) is 1.14. The van der Waals surface area contributed by atoms with E-state index < -0.39 is 0 Å². The van der Waals surface area contributed by atoms with E-state index in [0.717, 1.165) is 30.6 Å². The highest BCUT2D eigenvalue weighted by Crippen LogP contribution is 2.00. The van der Waals surface area contributed by atoms with Crippen molar-refractivity contribution in [1.82, 2.24) is 0 Å². The second-order valence-electron chi connectivity index (χ2n) is 4.45. The largest absolute Gasteiger partial charge is 0.303 e. The van der Waals surface area contributed by atoms with Gasteiger partial charge in [0.05, 0.1) is 0 Å². The van der Waals surface area contributed by atoms with Crippen LogP contribution in [0.1, 0.15) is 79.6 Å². The molecule has 18 heavy (non-hydrogen) atoms. The molecule has 0 aromatic heterocycles. The number of aldehydes is 1. The van der Waals surface area contributed by atoms with Gasteiger partial charge in [-0.25, -0.2) is 0 Å². The molecule has 0 radical (unpaired) electrons. The molecule has 0 unspecified atom stereocenters. The van der Waals surface area contributed by atoms with Crippen LogP contribution >= 0.6 is 0 Å². The van der Waals surface area contributed by atoms with Gasteiger partial charge in [-0.1, -0.05) is 33.6 Å². The van der Waals surface area contributed by atoms with Crippen molar-refractivity contribution in [2.45, 2.75) is 79.6 Å². The van der Waals surface area contributed by atoms with Crippen LogP contribution in [0.4, 0.5) is 0 Å². The summed E-state index contributed by atoms with van der Waals surface area (Å²) in [5.41, 5.74) is 2.31. The fraction of sp³-hybridized carbons (Fsp3) is 0.800. The van der Waals surface area contributed by atoms with E-state index in [9.17, 15) is 4.79 Å². The van der Waals surface area contributed by atoms with E-state index in [1.165, 1.54) is 25.7 Å². The molecule has 0 rings (SSSR count). The van der Waals surface area contributed by atoms with Gasteiger partial charge in [0.1, 0.15) is 6.29 Å². The minimum Gasteiger partial charge on any atom is -0.303 e. The Morgan fingerprint density at radius 2 is 1.22 bits per heavy atom. The molecule has 0 aliphatic heterocycles. The molecule has 0 fully saturated rings. The molecule has 0 aliphatic carbocycles. The lowest BCUT2D eigenvalue weighted by Gasteiger charge is -1.97. The zero-order valence-corrected chi connectivity index (χ0v) is 12.8. The molecular formula is C15H30N2O. The number of nitrogens with zero attached hydrogens (tertiary/aromatic N) is 2. The first kappa shape index (κ1) is 19.4. The summed E-state index contributed by atoms with van der Waals surface area (Å²) in [6.45, 7) is 10.3. The van der Waals surface area contributed by atoms with Crippen molar-refractivity contribution in [2.24, 2.45) is 10.2 Å². The van der Waals surface area contributed by atoms with Crippen LogP contribution in [-0.4, -0.2) is 17.7 Å². The third-order valence-corrected chi connectivity index (χ3v) is 2.34. The molecule has 0 saturated carbocycles. The Morgan fingerprint density at radius 1 is 0.889 bits per heavy atom. The maximum absolute atomic E-state index is 9.17. The van der Waals surface area contributed by atoms with Crippen LogP contribution in [0.5, 0.6) is 0 Å². The van der Waals surface area contributed by atoms with E-state index in [1.807, 2.05) is 6.92 Å². The molecule has 0 amide bonds. The van der Waals surface area contributed by atoms with Crippen LogP contribution in [0.15, 0.2) is 10.2 Å². The van der Waals surface area contributed by atoms with Crippen molar-refractivity contribution in [3.8, 4) is 0 Å². The lowest BCUT2D eigenvalue weighted by Crippen LogP contribution is -1.93. The maximum atomic E-state index is 9.17. The Bertz CT molecular complexity index is 223. The smallest absolute Gasteiger partial charge is 0.119 e. The first-order valence-electron chi connectivity index (χ1n) is 7.12. The Labute approximate surface area is 113 Å². The van der Waals surface area contributed by atoms with Crippen molar-refractivity contribution < 1.29 is 4.79 Å². The van der Waals surface area contributed by atoms with Gasteiger partial charge in [0.25, 0.3) is 0 Å². The molecule has 0 saturated heterocycles. The number of carbonyl (C=O) groups is 1. The summed E-state index contributed by atoms with van der Waals surface area (Å²) >= 11 is 0. The predicted octanol–water partition coefficient (Wildman–Crippen LogP) is 4.80. The minimum atomic E-state index is 0.639. The second-order valence-corrected chi connectivity index (χ2v) is 4.45. The summed E-state index contributed by atoms with van der Waals surface area (Å²) in [4.78, 5) is 9.17. The summed E-state index contributed by atoms with van der Waals surface area (Å²) in [7, 11) is 0. The summed E-state index contributed by atoms with van der Waals surface area (Å²) < 4.78 is 0. The van der Waals surface area contributed by atoms with E-state index in [0.29, 0.717) is 6.42 Å². The van der Waals surface area contributed by atoms with Crippen LogP contribution in [-0.2, 0) is 4.79 Å². The third-order valence-electron chi connectivity index (χ3n) is 2.34. The summed E-state index contributed by atoms with van der Waals surface area (Å²) in [6, 6.07) is 0. The predicted molar refractivity (Wildman–Crippen MR) is 81.6 cm³/mol. The average Bonchev–Trinajstić information content (AvgIpc) is 2.40. The molecule has 0 bridgehead atoms. The van der Waals surface area contributed by atoms with Gasteiger partial charge in [0.15, 0.2) is 0 Å². The van der Waals surface area contributed by atoms with Gasteiger partial charge >= 0.3 is 0 Å². The number of unbranched alkanes of at least 4 members (excludes halogenated alkanes) is 2. The quantitative estimate of drug-likeness (QED) is 0.348. The molecule has 106 valence electrons. The van der Waals surface area contributed by atoms with Gasteiger partial charge in [-0.2, -0.15) is 10.2 Å². The molecule has 0 aliphatic rings. The molecule has 0 N–H and O–H groups in total. The Kier molecular flexibility index (Phi) is 17.2. The molecule has 0 aromatic carbocycles. The molecular weight excluding hydrogens is 224 g/mol. The van der Waals surface area contributed by atoms with Crippen LogP contribution in [0.25, 0.3) is 0 Å². The highest BCUT2D eigenvalue weighted by Gasteiger charge is 1.92. The normalized spacial score (nSPS) is 11.8. The van der Waals surface area contributed by atoms with Gasteiger partial charge < -0.3 is 4.79 Å². The van der Waals surface area contributed by atoms with Crippen LogP contribution in [0.3, 0.4) is 0 Å². The molecule has 3 nitrogen and oxygen atoms in total. The zero-order valence-electron chi connectivity index (χ0n) is 12.8. The number of hydrogen-bond donors (Lipinski definition) is 0. The molecule has 0 heterocycles. The van der Waals surface area contributed by atoms with Gasteiger partial charge in [0.2, 0.25) is 0 Å². The lowest BCUT2D eigenvalue weighted by atomic mass is 10.2. The van der Waals surface area contributed by atoms with Crippen molar-refractivity contribution in [2.75, 3.05) is 0 Å². The highest BCUT2D eigenvalue weighted by atomic mass is 16.1. The number of rotatable bonds is 8. The Hall–Kier alpha value is -0.990. The Morgan fingerprint density at radius 3 is 1.44 bits per heavy atom. The molecule has 0 aromatic rings. The number of hydrogen-bond acceptors (Lipinski definition) is 3. The standard InChI is InChI=1S/C12H24N2.C3H6O/c1-5-7-9-11(3)13-14-12(4)10-8-6-2;1-2-3-4/h5-10H2,1-4H3;3H,2H2,1H3. The minimum absolute atomic E-state index is 0.639. The van der Waals surface area contributed by atoms with Crippen LogP contribution in [0.2, 0.25) is 0 Å². The van der Waals surface area contributed by atoms with Crippen molar-refractivity contribution in [3.63, 3.8) is 0 Å². The SMILES string of the molecule is CCC=O.CCCCC(C)=NN=C(C)CCCC. The zero-order chi connectivity index (χ0) is 14.2. The maximum Gasteiger partial charge on any atom is 0.119 e. The van der Waals surface area contributed by atoms with Gasteiger partial charge in [-0.3, -0.25) is 0 Å².